The highest BCUT2D eigenvalue weighted by atomic mass is 28.2. The second kappa shape index (κ2) is 2.36. The van der Waals surface area contributed by atoms with Crippen LogP contribution in [0.2, 0.25) is 12.1 Å². The summed E-state index contributed by atoms with van der Waals surface area (Å²) in [6.45, 7) is 0. The molecule has 1 rings (SSSR count). The predicted octanol–water partition coefficient (Wildman–Crippen LogP) is -0.355. The molecule has 0 nitrogen and oxygen atoms in total. The Morgan fingerprint density at radius 1 is 1.00 bits per heavy atom. The van der Waals surface area contributed by atoms with E-state index in [9.17, 15) is 0 Å². The van der Waals surface area contributed by atoms with E-state index in [1.165, 1.54) is 0 Å². The third kappa shape index (κ3) is 1.10. The van der Waals surface area contributed by atoms with Crippen LogP contribution in [0, 0.1) is 0 Å². The van der Waals surface area contributed by atoms with Gasteiger partial charge in [-0.2, -0.15) is 0 Å². The molecule has 6 heavy (non-hydrogen) atoms. The van der Waals surface area contributed by atoms with Crippen LogP contribution >= 0.6 is 0 Å². The first kappa shape index (κ1) is 4.34. The Morgan fingerprint density at radius 2 is 1.50 bits per heavy atom. The standard InChI is InChI=1S/C4H10Si2/c1-2-6-4-3-5-1/h1-2H,3-6H2. The first-order valence-corrected chi connectivity index (χ1v) is 6.28. The van der Waals surface area contributed by atoms with Gasteiger partial charge in [0, 0.05) is 19.0 Å². The van der Waals surface area contributed by atoms with E-state index in [1.54, 1.807) is 12.1 Å². The second-order valence-electron chi connectivity index (χ2n) is 1.76. The summed E-state index contributed by atoms with van der Waals surface area (Å²) in [5.41, 5.74) is 4.94. The summed E-state index contributed by atoms with van der Waals surface area (Å²) < 4.78 is 0. The van der Waals surface area contributed by atoms with Crippen LogP contribution in [-0.4, -0.2) is 19.0 Å². The Kier molecular flexibility index (Phi) is 1.71. The summed E-state index contributed by atoms with van der Waals surface area (Å²) in [7, 11) is 0.725. The molecule has 0 saturated heterocycles. The average Bonchev–Trinajstić information content (AvgIpc) is 1.72. The highest BCUT2D eigenvalue weighted by Crippen LogP contribution is 1.94. The van der Waals surface area contributed by atoms with Gasteiger partial charge in [-0.1, -0.05) is 12.1 Å². The minimum Gasteiger partial charge on any atom is -0.110 e. The molecule has 0 aromatic heterocycles. The molecule has 0 unspecified atom stereocenters. The van der Waals surface area contributed by atoms with Crippen molar-refractivity contribution < 1.29 is 0 Å². The number of hydrogen-bond acceptors (Lipinski definition) is 0. The Morgan fingerprint density at radius 3 is 1.67 bits per heavy atom. The first-order valence-electron chi connectivity index (χ1n) is 2.65. The molecule has 0 fully saturated rings. The van der Waals surface area contributed by atoms with Crippen LogP contribution in [-0.2, 0) is 0 Å². The summed E-state index contributed by atoms with van der Waals surface area (Å²) in [6.07, 6.45) is 0. The number of rotatable bonds is 0. The van der Waals surface area contributed by atoms with Crippen molar-refractivity contribution in [1.82, 2.24) is 0 Å². The molecule has 0 N–H and O–H groups in total. The zero-order chi connectivity index (χ0) is 4.24. The monoisotopic (exact) mass is 114 g/mol. The second-order valence-corrected chi connectivity index (χ2v) is 5.27. The Labute approximate surface area is 43.3 Å². The minimum atomic E-state index is 0.363. The molecule has 0 atom stereocenters. The maximum Gasteiger partial charge on any atom is 0.0441 e. The molecule has 1 aliphatic rings. The molecular weight excluding hydrogens is 104 g/mol. The van der Waals surface area contributed by atoms with Crippen molar-refractivity contribution in [3.05, 3.63) is 11.4 Å². The SMILES string of the molecule is C1=C[SiH2]CC[SiH2]1. The van der Waals surface area contributed by atoms with Crippen LogP contribution in [0.3, 0.4) is 0 Å². The summed E-state index contributed by atoms with van der Waals surface area (Å²) in [6, 6.07) is 3.23. The lowest BCUT2D eigenvalue weighted by Gasteiger charge is -1.95. The predicted molar refractivity (Wildman–Crippen MR) is 35.8 cm³/mol. The van der Waals surface area contributed by atoms with Gasteiger partial charge in [-0.15, -0.1) is 11.4 Å². The van der Waals surface area contributed by atoms with E-state index in [4.69, 9.17) is 0 Å². The lowest BCUT2D eigenvalue weighted by molar-refractivity contribution is 1.42. The van der Waals surface area contributed by atoms with Crippen LogP contribution < -0.4 is 0 Å². The van der Waals surface area contributed by atoms with Crippen LogP contribution in [0.15, 0.2) is 11.4 Å². The van der Waals surface area contributed by atoms with Crippen molar-refractivity contribution in [2.75, 3.05) is 0 Å². The zero-order valence-corrected chi connectivity index (χ0v) is 6.81. The molecule has 0 saturated carbocycles. The summed E-state index contributed by atoms with van der Waals surface area (Å²) >= 11 is 0. The van der Waals surface area contributed by atoms with E-state index in [0.29, 0.717) is 19.0 Å². The van der Waals surface area contributed by atoms with Crippen LogP contribution in [0.25, 0.3) is 0 Å². The fourth-order valence-electron chi connectivity index (χ4n) is 0.760. The van der Waals surface area contributed by atoms with Crippen LogP contribution in [0.5, 0.6) is 0 Å². The molecule has 0 bridgehead atoms. The molecule has 0 aromatic rings. The summed E-state index contributed by atoms with van der Waals surface area (Å²) in [5.74, 6) is 0. The van der Waals surface area contributed by atoms with Crippen molar-refractivity contribution >= 4 is 19.0 Å². The lowest BCUT2D eigenvalue weighted by Crippen LogP contribution is -1.95. The van der Waals surface area contributed by atoms with Gasteiger partial charge in [0.2, 0.25) is 0 Å². The van der Waals surface area contributed by atoms with Gasteiger partial charge in [-0.05, 0) is 0 Å². The van der Waals surface area contributed by atoms with Crippen molar-refractivity contribution in [3.63, 3.8) is 0 Å². The van der Waals surface area contributed by atoms with E-state index < -0.39 is 0 Å². The molecule has 0 aromatic carbocycles. The lowest BCUT2D eigenvalue weighted by atomic mass is 10.9. The van der Waals surface area contributed by atoms with Crippen molar-refractivity contribution in [2.45, 2.75) is 12.1 Å². The summed E-state index contributed by atoms with van der Waals surface area (Å²) in [4.78, 5) is 0. The quantitative estimate of drug-likeness (QED) is 0.378. The minimum absolute atomic E-state index is 0.363. The Balaban J connectivity index is 2.26. The maximum atomic E-state index is 2.47. The molecule has 2 heteroatoms. The van der Waals surface area contributed by atoms with Crippen molar-refractivity contribution in [2.24, 2.45) is 0 Å². The van der Waals surface area contributed by atoms with Gasteiger partial charge in [0.15, 0.2) is 0 Å². The Bertz CT molecular complexity index is 50.6. The van der Waals surface area contributed by atoms with E-state index in [0.717, 1.165) is 0 Å². The molecule has 1 aliphatic heterocycles. The van der Waals surface area contributed by atoms with E-state index in [1.807, 2.05) is 0 Å². The fourth-order valence-corrected chi connectivity index (χ4v) is 5.43. The van der Waals surface area contributed by atoms with Crippen molar-refractivity contribution in [1.29, 1.82) is 0 Å². The smallest absolute Gasteiger partial charge is 0.0441 e. The maximum absolute atomic E-state index is 2.47. The van der Waals surface area contributed by atoms with Gasteiger partial charge < -0.3 is 0 Å². The molecule has 0 amide bonds. The molecule has 1 heterocycles. The van der Waals surface area contributed by atoms with Crippen LogP contribution in [0.1, 0.15) is 0 Å². The van der Waals surface area contributed by atoms with Gasteiger partial charge >= 0.3 is 0 Å². The van der Waals surface area contributed by atoms with E-state index in [2.05, 4.69) is 11.4 Å². The topological polar surface area (TPSA) is 0 Å². The Hall–Kier alpha value is 0.174. The van der Waals surface area contributed by atoms with Crippen LogP contribution in [0.4, 0.5) is 0 Å². The molecule has 34 valence electrons. The molecule has 0 aliphatic carbocycles. The molecule has 0 radical (unpaired) electrons. The third-order valence-electron chi connectivity index (χ3n) is 1.16. The van der Waals surface area contributed by atoms with Gasteiger partial charge in [0.25, 0.3) is 0 Å². The first-order chi connectivity index (χ1) is 3.00. The van der Waals surface area contributed by atoms with Gasteiger partial charge in [-0.25, -0.2) is 0 Å². The molecule has 0 spiro atoms. The van der Waals surface area contributed by atoms with Gasteiger partial charge in [-0.3, -0.25) is 0 Å². The highest BCUT2D eigenvalue weighted by molar-refractivity contribution is 6.54. The molecular formula is C4H10Si2. The largest absolute Gasteiger partial charge is 0.110 e. The van der Waals surface area contributed by atoms with Gasteiger partial charge in [0.1, 0.15) is 0 Å². The normalized spacial score (nSPS) is 29.3. The van der Waals surface area contributed by atoms with Crippen molar-refractivity contribution in [3.8, 4) is 0 Å². The summed E-state index contributed by atoms with van der Waals surface area (Å²) in [5, 5.41) is 0. The average molecular weight is 114 g/mol. The highest BCUT2D eigenvalue weighted by Gasteiger charge is 1.88. The fraction of sp³-hybridized carbons (Fsp3) is 0.500. The van der Waals surface area contributed by atoms with E-state index in [-0.39, 0.29) is 0 Å². The van der Waals surface area contributed by atoms with E-state index >= 15 is 0 Å². The zero-order valence-electron chi connectivity index (χ0n) is 3.98. The van der Waals surface area contributed by atoms with Gasteiger partial charge in [0.05, 0.1) is 0 Å². The third-order valence-corrected chi connectivity index (χ3v) is 5.97. The number of hydrogen-bond donors (Lipinski definition) is 0.